The summed E-state index contributed by atoms with van der Waals surface area (Å²) in [5.74, 6) is 0.520. The SMILES string of the molecule is COc1ccc(OC)c([C@H]2C(C(=O)OC(C)C)=C(C)N=c3sc(=Cc4ccccc4O)c(=O)n32)c1. The highest BCUT2D eigenvalue weighted by atomic mass is 32.1. The van der Waals surface area contributed by atoms with Crippen LogP contribution < -0.4 is 24.4 Å². The van der Waals surface area contributed by atoms with E-state index in [9.17, 15) is 14.7 Å². The molecule has 1 atom stereocenters. The molecule has 35 heavy (non-hydrogen) atoms. The second-order valence-corrected chi connectivity index (χ2v) is 9.21. The first kappa shape index (κ1) is 24.3. The van der Waals surface area contributed by atoms with E-state index in [1.54, 1.807) is 76.4 Å². The average Bonchev–Trinajstić information content (AvgIpc) is 3.13. The molecule has 2 aromatic carbocycles. The first-order valence-corrected chi connectivity index (χ1v) is 11.8. The van der Waals surface area contributed by atoms with Gasteiger partial charge in [-0.25, -0.2) is 9.79 Å². The molecule has 0 fully saturated rings. The lowest BCUT2D eigenvalue weighted by atomic mass is 9.94. The highest BCUT2D eigenvalue weighted by Crippen LogP contribution is 2.38. The third-order valence-corrected chi connectivity index (χ3v) is 6.52. The fourth-order valence-corrected chi connectivity index (χ4v) is 5.00. The molecule has 0 amide bonds. The molecular weight excluding hydrogens is 468 g/mol. The van der Waals surface area contributed by atoms with Gasteiger partial charge in [-0.1, -0.05) is 29.5 Å². The molecule has 0 bridgehead atoms. The molecule has 0 aliphatic carbocycles. The molecule has 8 nitrogen and oxygen atoms in total. The van der Waals surface area contributed by atoms with Crippen LogP contribution in [0.2, 0.25) is 0 Å². The lowest BCUT2D eigenvalue weighted by molar-refractivity contribution is -0.143. The molecule has 1 aromatic heterocycles. The number of hydrogen-bond acceptors (Lipinski definition) is 8. The molecule has 3 aromatic rings. The van der Waals surface area contributed by atoms with Gasteiger partial charge in [-0.2, -0.15) is 0 Å². The van der Waals surface area contributed by atoms with E-state index in [1.165, 1.54) is 23.0 Å². The first-order chi connectivity index (χ1) is 16.7. The zero-order chi connectivity index (χ0) is 25.3. The average molecular weight is 495 g/mol. The quantitative estimate of drug-likeness (QED) is 0.529. The molecule has 182 valence electrons. The standard InChI is InChI=1S/C26H26N2O6S/c1-14(2)34-25(31)22-15(3)27-26-28(23(22)18-13-17(32-4)10-11-20(18)33-5)24(30)21(35-26)12-16-8-6-7-9-19(16)29/h6-14,23,29H,1-5H3/t23-/m0/s1. The minimum absolute atomic E-state index is 0.0572. The van der Waals surface area contributed by atoms with Crippen molar-refractivity contribution in [3.05, 3.63) is 84.5 Å². The van der Waals surface area contributed by atoms with E-state index in [0.717, 1.165) is 0 Å². The lowest BCUT2D eigenvalue weighted by Crippen LogP contribution is -2.40. The summed E-state index contributed by atoms with van der Waals surface area (Å²) in [5.41, 5.74) is 1.40. The molecule has 0 saturated heterocycles. The van der Waals surface area contributed by atoms with Crippen molar-refractivity contribution in [1.82, 2.24) is 4.57 Å². The van der Waals surface area contributed by atoms with Gasteiger partial charge >= 0.3 is 5.97 Å². The molecule has 2 heterocycles. The lowest BCUT2D eigenvalue weighted by Gasteiger charge is -2.26. The monoisotopic (exact) mass is 494 g/mol. The van der Waals surface area contributed by atoms with Gasteiger partial charge in [0.2, 0.25) is 0 Å². The van der Waals surface area contributed by atoms with Gasteiger partial charge in [0.25, 0.3) is 5.56 Å². The number of carbonyl (C=O) groups is 1. The fraction of sp³-hybridized carbons (Fsp3) is 0.269. The Kier molecular flexibility index (Phi) is 6.79. The Morgan fingerprint density at radius 2 is 1.91 bits per heavy atom. The Morgan fingerprint density at radius 1 is 1.17 bits per heavy atom. The van der Waals surface area contributed by atoms with E-state index in [1.807, 2.05) is 0 Å². The molecule has 0 spiro atoms. The number of hydrogen-bond donors (Lipinski definition) is 1. The number of fused-ring (bicyclic) bond motifs is 1. The molecule has 0 unspecified atom stereocenters. The maximum atomic E-state index is 13.7. The number of aromatic hydroxyl groups is 1. The van der Waals surface area contributed by atoms with Crippen molar-refractivity contribution in [1.29, 1.82) is 0 Å². The van der Waals surface area contributed by atoms with E-state index in [2.05, 4.69) is 4.99 Å². The molecular formula is C26H26N2O6S. The molecule has 1 aliphatic rings. The zero-order valence-corrected chi connectivity index (χ0v) is 20.9. The van der Waals surface area contributed by atoms with Crippen molar-refractivity contribution >= 4 is 23.4 Å². The third-order valence-electron chi connectivity index (χ3n) is 5.54. The smallest absolute Gasteiger partial charge is 0.338 e. The van der Waals surface area contributed by atoms with Crippen LogP contribution in [0.3, 0.4) is 0 Å². The van der Waals surface area contributed by atoms with E-state index >= 15 is 0 Å². The first-order valence-electron chi connectivity index (χ1n) is 11.0. The van der Waals surface area contributed by atoms with Gasteiger partial charge in [0.1, 0.15) is 23.3 Å². The third kappa shape index (κ3) is 4.59. The number of ether oxygens (including phenoxy) is 3. The van der Waals surface area contributed by atoms with Gasteiger partial charge in [0.05, 0.1) is 36.1 Å². The minimum Gasteiger partial charge on any atom is -0.507 e. The summed E-state index contributed by atoms with van der Waals surface area (Å²) in [6.45, 7) is 5.24. The fourth-order valence-electron chi connectivity index (χ4n) is 3.96. The Morgan fingerprint density at radius 3 is 2.57 bits per heavy atom. The van der Waals surface area contributed by atoms with E-state index in [-0.39, 0.29) is 23.0 Å². The van der Waals surface area contributed by atoms with Gasteiger partial charge in [0.15, 0.2) is 4.80 Å². The van der Waals surface area contributed by atoms with Crippen LogP contribution in [-0.2, 0) is 9.53 Å². The summed E-state index contributed by atoms with van der Waals surface area (Å²) >= 11 is 1.18. The number of nitrogens with zero attached hydrogens (tertiary/aromatic N) is 2. The number of phenolic OH excluding ortho intramolecular Hbond substituents is 1. The van der Waals surface area contributed by atoms with Gasteiger partial charge < -0.3 is 19.3 Å². The number of esters is 1. The number of phenols is 1. The van der Waals surface area contributed by atoms with Crippen LogP contribution in [0.4, 0.5) is 0 Å². The number of rotatable bonds is 6. The van der Waals surface area contributed by atoms with Crippen LogP contribution in [0.1, 0.15) is 37.9 Å². The van der Waals surface area contributed by atoms with Crippen molar-refractivity contribution in [3.8, 4) is 17.2 Å². The molecule has 9 heteroatoms. The zero-order valence-electron chi connectivity index (χ0n) is 20.1. The Bertz CT molecular complexity index is 1500. The van der Waals surface area contributed by atoms with E-state index in [0.29, 0.717) is 37.7 Å². The van der Waals surface area contributed by atoms with E-state index < -0.39 is 12.0 Å². The van der Waals surface area contributed by atoms with Crippen molar-refractivity contribution in [2.24, 2.45) is 4.99 Å². The molecule has 1 aliphatic heterocycles. The second-order valence-electron chi connectivity index (χ2n) is 8.20. The Balaban J connectivity index is 2.03. The maximum absolute atomic E-state index is 13.7. The van der Waals surface area contributed by atoms with Crippen LogP contribution in [0.5, 0.6) is 17.2 Å². The number of carbonyl (C=O) groups excluding carboxylic acids is 1. The van der Waals surface area contributed by atoms with Gasteiger partial charge in [-0.05, 0) is 51.1 Å². The highest BCUT2D eigenvalue weighted by molar-refractivity contribution is 7.07. The van der Waals surface area contributed by atoms with E-state index in [4.69, 9.17) is 14.2 Å². The summed E-state index contributed by atoms with van der Waals surface area (Å²) in [5, 5.41) is 10.2. The largest absolute Gasteiger partial charge is 0.507 e. The predicted octanol–water partition coefficient (Wildman–Crippen LogP) is 2.91. The van der Waals surface area contributed by atoms with Gasteiger partial charge in [0, 0.05) is 11.1 Å². The topological polar surface area (TPSA) is 99.4 Å². The highest BCUT2D eigenvalue weighted by Gasteiger charge is 2.35. The minimum atomic E-state index is -0.853. The number of allylic oxidation sites excluding steroid dienone is 1. The molecule has 0 radical (unpaired) electrons. The number of benzene rings is 2. The summed E-state index contributed by atoms with van der Waals surface area (Å²) in [7, 11) is 3.06. The summed E-state index contributed by atoms with van der Waals surface area (Å²) < 4.78 is 18.4. The van der Waals surface area contributed by atoms with Gasteiger partial charge in [-0.3, -0.25) is 9.36 Å². The molecule has 4 rings (SSSR count). The van der Waals surface area contributed by atoms with Crippen molar-refractivity contribution in [2.45, 2.75) is 32.9 Å². The summed E-state index contributed by atoms with van der Waals surface area (Å²) in [6, 6.07) is 11.1. The number of aromatic nitrogens is 1. The molecule has 0 saturated carbocycles. The Labute approximate surface area is 206 Å². The van der Waals surface area contributed by atoms with Crippen molar-refractivity contribution in [2.75, 3.05) is 14.2 Å². The second kappa shape index (κ2) is 9.79. The van der Waals surface area contributed by atoms with Gasteiger partial charge in [-0.15, -0.1) is 0 Å². The summed E-state index contributed by atoms with van der Waals surface area (Å²) in [4.78, 5) is 32.0. The van der Waals surface area contributed by atoms with Crippen molar-refractivity contribution in [3.63, 3.8) is 0 Å². The maximum Gasteiger partial charge on any atom is 0.338 e. The van der Waals surface area contributed by atoms with Crippen LogP contribution in [0.15, 0.2) is 63.5 Å². The predicted molar refractivity (Wildman–Crippen MR) is 133 cm³/mol. The van der Waals surface area contributed by atoms with Crippen LogP contribution >= 0.6 is 11.3 Å². The van der Waals surface area contributed by atoms with Crippen LogP contribution in [0.25, 0.3) is 6.08 Å². The number of methoxy groups -OCH3 is 2. The van der Waals surface area contributed by atoms with Crippen LogP contribution in [-0.4, -0.2) is 36.0 Å². The van der Waals surface area contributed by atoms with Crippen LogP contribution in [0, 0.1) is 0 Å². The number of para-hydroxylation sites is 1. The number of thiazole rings is 1. The Hall–Kier alpha value is -3.85. The molecule has 1 N–H and O–H groups in total. The van der Waals surface area contributed by atoms with Crippen molar-refractivity contribution < 1.29 is 24.1 Å². The normalized spacial score (nSPS) is 15.6. The summed E-state index contributed by atoms with van der Waals surface area (Å²) in [6.07, 6.45) is 1.26.